The average molecular weight is 233 g/mol. The number of thiazole rings is 1. The van der Waals surface area contributed by atoms with Gasteiger partial charge in [0.2, 0.25) is 5.91 Å². The molecule has 1 amide bonds. The van der Waals surface area contributed by atoms with Crippen LogP contribution < -0.4 is 11.1 Å². The largest absolute Gasteiger partial charge is 0.379 e. The highest BCUT2D eigenvalue weighted by Gasteiger charge is 2.00. The number of hydrogen-bond donors (Lipinski definition) is 2. The van der Waals surface area contributed by atoms with Crippen molar-refractivity contribution in [1.29, 1.82) is 0 Å². The lowest BCUT2D eigenvalue weighted by atomic mass is 10.2. The average Bonchev–Trinajstić information content (AvgIpc) is 2.80. The molecule has 1 aromatic heterocycles. The Bertz CT molecular complexity index is 464. The van der Waals surface area contributed by atoms with E-state index < -0.39 is 5.91 Å². The zero-order chi connectivity index (χ0) is 11.4. The van der Waals surface area contributed by atoms with Gasteiger partial charge in [0.15, 0.2) is 0 Å². The van der Waals surface area contributed by atoms with Gasteiger partial charge in [-0.15, -0.1) is 11.3 Å². The number of nitrogens with zero attached hydrogens (tertiary/aromatic N) is 1. The summed E-state index contributed by atoms with van der Waals surface area (Å²) in [6.45, 7) is 0.688. The molecule has 0 aliphatic carbocycles. The van der Waals surface area contributed by atoms with Crippen LogP contribution in [0.5, 0.6) is 0 Å². The molecule has 0 saturated heterocycles. The van der Waals surface area contributed by atoms with E-state index in [9.17, 15) is 4.79 Å². The van der Waals surface area contributed by atoms with Crippen LogP contribution in [0.15, 0.2) is 35.8 Å². The van der Waals surface area contributed by atoms with Crippen molar-refractivity contribution in [3.05, 3.63) is 46.4 Å². The minimum atomic E-state index is -0.411. The van der Waals surface area contributed by atoms with Gasteiger partial charge in [0.05, 0.1) is 6.54 Å². The second-order valence-electron chi connectivity index (χ2n) is 3.22. The lowest BCUT2D eigenvalue weighted by Gasteiger charge is -2.04. The van der Waals surface area contributed by atoms with Crippen molar-refractivity contribution in [2.75, 3.05) is 5.32 Å². The van der Waals surface area contributed by atoms with Gasteiger partial charge in [0.1, 0.15) is 5.01 Å². The molecule has 1 aromatic carbocycles. The molecule has 5 heteroatoms. The van der Waals surface area contributed by atoms with E-state index in [1.165, 1.54) is 0 Å². The number of aromatic nitrogens is 1. The molecule has 2 aromatic rings. The van der Waals surface area contributed by atoms with Crippen molar-refractivity contribution in [3.8, 4) is 0 Å². The summed E-state index contributed by atoms with van der Waals surface area (Å²) < 4.78 is 0. The number of nitrogens with one attached hydrogen (secondary N) is 1. The molecule has 0 aliphatic rings. The Kier molecular flexibility index (Phi) is 3.16. The summed E-state index contributed by atoms with van der Waals surface area (Å²) in [6, 6.07) is 7.06. The fraction of sp³-hybridized carbons (Fsp3) is 0.0909. The molecule has 0 radical (unpaired) electrons. The highest BCUT2D eigenvalue weighted by atomic mass is 32.1. The lowest BCUT2D eigenvalue weighted by Crippen LogP contribution is -2.10. The molecule has 0 spiro atoms. The Balaban J connectivity index is 1.98. The summed E-state index contributed by atoms with van der Waals surface area (Å²) in [5, 5.41) is 6.17. The van der Waals surface area contributed by atoms with Crippen molar-refractivity contribution in [3.63, 3.8) is 0 Å². The molecular weight excluding hydrogens is 222 g/mol. The molecule has 0 atom stereocenters. The fourth-order valence-corrected chi connectivity index (χ4v) is 1.83. The van der Waals surface area contributed by atoms with Gasteiger partial charge in [-0.2, -0.15) is 0 Å². The number of hydrogen-bond acceptors (Lipinski definition) is 4. The minimum Gasteiger partial charge on any atom is -0.379 e. The quantitative estimate of drug-likeness (QED) is 0.846. The summed E-state index contributed by atoms with van der Waals surface area (Å²) >= 11 is 1.60. The van der Waals surface area contributed by atoms with E-state index >= 15 is 0 Å². The maximum atomic E-state index is 10.9. The van der Waals surface area contributed by atoms with Crippen LogP contribution in [0.3, 0.4) is 0 Å². The number of benzene rings is 1. The van der Waals surface area contributed by atoms with E-state index in [1.54, 1.807) is 29.7 Å². The van der Waals surface area contributed by atoms with Gasteiger partial charge in [-0.25, -0.2) is 4.98 Å². The SMILES string of the molecule is NC(=O)c1ccc(NCc2nccs2)cc1. The predicted octanol–water partition coefficient (Wildman–Crippen LogP) is 1.85. The Morgan fingerprint density at radius 2 is 2.12 bits per heavy atom. The fourth-order valence-electron chi connectivity index (χ4n) is 1.27. The third kappa shape index (κ3) is 2.58. The van der Waals surface area contributed by atoms with Gasteiger partial charge < -0.3 is 11.1 Å². The molecule has 82 valence electrons. The molecule has 0 fully saturated rings. The molecule has 0 bridgehead atoms. The van der Waals surface area contributed by atoms with Crippen LogP contribution in [0.2, 0.25) is 0 Å². The van der Waals surface area contributed by atoms with Gasteiger partial charge in [0.25, 0.3) is 0 Å². The minimum absolute atomic E-state index is 0.411. The van der Waals surface area contributed by atoms with Crippen molar-refractivity contribution < 1.29 is 4.79 Å². The van der Waals surface area contributed by atoms with Gasteiger partial charge in [-0.3, -0.25) is 4.79 Å². The van der Waals surface area contributed by atoms with Crippen LogP contribution >= 0.6 is 11.3 Å². The zero-order valence-electron chi connectivity index (χ0n) is 8.51. The molecule has 2 rings (SSSR count). The molecular formula is C11H11N3OS. The van der Waals surface area contributed by atoms with Crippen molar-refractivity contribution in [2.45, 2.75) is 6.54 Å². The van der Waals surface area contributed by atoms with Gasteiger partial charge in [-0.05, 0) is 24.3 Å². The summed E-state index contributed by atoms with van der Waals surface area (Å²) in [7, 11) is 0. The number of anilines is 1. The summed E-state index contributed by atoms with van der Waals surface area (Å²) in [4.78, 5) is 15.0. The summed E-state index contributed by atoms with van der Waals surface area (Å²) in [5.41, 5.74) is 6.61. The summed E-state index contributed by atoms with van der Waals surface area (Å²) in [5.74, 6) is -0.411. The van der Waals surface area contributed by atoms with Crippen LogP contribution in [0.4, 0.5) is 5.69 Å². The van der Waals surface area contributed by atoms with E-state index in [0.717, 1.165) is 10.7 Å². The first-order chi connectivity index (χ1) is 7.75. The van der Waals surface area contributed by atoms with E-state index in [4.69, 9.17) is 5.73 Å². The Labute approximate surface area is 97.1 Å². The maximum absolute atomic E-state index is 10.9. The first kappa shape index (κ1) is 10.6. The van der Waals surface area contributed by atoms with Gasteiger partial charge in [-0.1, -0.05) is 0 Å². The third-order valence-corrected chi connectivity index (χ3v) is 2.88. The first-order valence-electron chi connectivity index (χ1n) is 4.78. The van der Waals surface area contributed by atoms with E-state index in [1.807, 2.05) is 17.5 Å². The van der Waals surface area contributed by atoms with E-state index in [2.05, 4.69) is 10.3 Å². The van der Waals surface area contributed by atoms with Crippen molar-refractivity contribution >= 4 is 22.9 Å². The lowest BCUT2D eigenvalue weighted by molar-refractivity contribution is 0.100. The number of rotatable bonds is 4. The van der Waals surface area contributed by atoms with Gasteiger partial charge >= 0.3 is 0 Å². The Hall–Kier alpha value is -1.88. The molecule has 3 N–H and O–H groups in total. The number of amides is 1. The number of primary amides is 1. The van der Waals surface area contributed by atoms with Crippen LogP contribution in [0.1, 0.15) is 15.4 Å². The molecule has 0 unspecified atom stereocenters. The zero-order valence-corrected chi connectivity index (χ0v) is 9.33. The molecule has 0 saturated carbocycles. The Morgan fingerprint density at radius 3 is 2.69 bits per heavy atom. The second-order valence-corrected chi connectivity index (χ2v) is 4.20. The second kappa shape index (κ2) is 4.76. The summed E-state index contributed by atoms with van der Waals surface area (Å²) in [6.07, 6.45) is 1.78. The monoisotopic (exact) mass is 233 g/mol. The predicted molar refractivity (Wildman–Crippen MR) is 64.4 cm³/mol. The molecule has 0 aliphatic heterocycles. The number of carbonyl (C=O) groups excluding carboxylic acids is 1. The highest BCUT2D eigenvalue weighted by molar-refractivity contribution is 7.09. The smallest absolute Gasteiger partial charge is 0.248 e. The molecule has 4 nitrogen and oxygen atoms in total. The number of carbonyl (C=O) groups is 1. The maximum Gasteiger partial charge on any atom is 0.248 e. The van der Waals surface area contributed by atoms with E-state index in [0.29, 0.717) is 12.1 Å². The Morgan fingerprint density at radius 1 is 1.38 bits per heavy atom. The first-order valence-corrected chi connectivity index (χ1v) is 5.66. The number of nitrogens with two attached hydrogens (primary N) is 1. The van der Waals surface area contributed by atoms with Crippen molar-refractivity contribution in [1.82, 2.24) is 4.98 Å². The molecule has 16 heavy (non-hydrogen) atoms. The van der Waals surface area contributed by atoms with Crippen LogP contribution in [-0.4, -0.2) is 10.9 Å². The van der Waals surface area contributed by atoms with Gasteiger partial charge in [0, 0.05) is 22.8 Å². The molecule has 1 heterocycles. The van der Waals surface area contributed by atoms with Crippen molar-refractivity contribution in [2.24, 2.45) is 5.73 Å². The topological polar surface area (TPSA) is 68.0 Å². The standard InChI is InChI=1S/C11H11N3OS/c12-11(15)8-1-3-9(4-2-8)14-7-10-13-5-6-16-10/h1-6,14H,7H2,(H2,12,15). The van der Waals surface area contributed by atoms with Crippen LogP contribution in [0, 0.1) is 0 Å². The van der Waals surface area contributed by atoms with Crippen LogP contribution in [0.25, 0.3) is 0 Å². The normalized spacial score (nSPS) is 10.0. The highest BCUT2D eigenvalue weighted by Crippen LogP contribution is 2.12. The van der Waals surface area contributed by atoms with Crippen LogP contribution in [-0.2, 0) is 6.54 Å². The van der Waals surface area contributed by atoms with E-state index in [-0.39, 0.29) is 0 Å². The third-order valence-electron chi connectivity index (χ3n) is 2.10.